The molecule has 1 N–H and O–H groups in total. The van der Waals surface area contributed by atoms with Crippen LogP contribution in [0.15, 0.2) is 61.2 Å². The maximum Gasteiger partial charge on any atom is 0.416 e. The second-order valence-corrected chi connectivity index (χ2v) is 7.57. The molecular weight excluding hydrogens is 373 g/mol. The van der Waals surface area contributed by atoms with E-state index in [-0.39, 0.29) is 0 Å². The zero-order chi connectivity index (χ0) is 20.7. The fraction of sp³-hybridized carbons (Fsp3) is 0.417. The van der Waals surface area contributed by atoms with Crippen molar-refractivity contribution in [3.8, 4) is 11.1 Å². The normalized spacial score (nSPS) is 16.5. The first-order valence-electron chi connectivity index (χ1n) is 10.3. The van der Waals surface area contributed by atoms with Crippen LogP contribution in [-0.4, -0.2) is 31.1 Å². The number of nitrogens with one attached hydrogen (secondary N) is 1. The lowest BCUT2D eigenvalue weighted by Gasteiger charge is -2.35. The molecule has 0 spiro atoms. The summed E-state index contributed by atoms with van der Waals surface area (Å²) in [6, 6.07) is 14.1. The lowest BCUT2D eigenvalue weighted by atomic mass is 9.95. The Kier molecular flexibility index (Phi) is 7.51. The van der Waals surface area contributed by atoms with Gasteiger partial charge in [0.2, 0.25) is 0 Å². The summed E-state index contributed by atoms with van der Waals surface area (Å²) < 4.78 is 38.3. The summed E-state index contributed by atoms with van der Waals surface area (Å²) in [6.07, 6.45) is 2.12. The number of allylic oxidation sites excluding steroid dienone is 1. The molecule has 2 aromatic carbocycles. The van der Waals surface area contributed by atoms with E-state index in [0.717, 1.165) is 75.1 Å². The third kappa shape index (κ3) is 5.94. The van der Waals surface area contributed by atoms with Crippen molar-refractivity contribution < 1.29 is 13.2 Å². The highest BCUT2D eigenvalue weighted by Gasteiger charge is 2.30. The van der Waals surface area contributed by atoms with Crippen molar-refractivity contribution in [3.63, 3.8) is 0 Å². The van der Waals surface area contributed by atoms with Gasteiger partial charge in [-0.3, -0.25) is 4.90 Å². The van der Waals surface area contributed by atoms with Crippen LogP contribution in [0.1, 0.15) is 42.9 Å². The maximum absolute atomic E-state index is 12.8. The second-order valence-electron chi connectivity index (χ2n) is 7.57. The smallest absolute Gasteiger partial charge is 0.314 e. The van der Waals surface area contributed by atoms with E-state index in [1.807, 2.05) is 18.2 Å². The number of alkyl halides is 3. The quantitative estimate of drug-likeness (QED) is 0.426. The van der Waals surface area contributed by atoms with Crippen LogP contribution in [-0.2, 0) is 6.18 Å². The molecule has 0 amide bonds. The standard InChI is InChI=1S/C24H29F3N2/c1-2-3-4-5-6-23(29-17-15-28-16-18-29)21-9-7-19(8-10-21)20-11-13-22(14-12-20)24(25,26)27/h2,7-14,23,28H,1,3-6,15-18H2/t23-/m1/s1. The van der Waals surface area contributed by atoms with Gasteiger partial charge in [0.25, 0.3) is 0 Å². The molecule has 1 fully saturated rings. The predicted octanol–water partition coefficient (Wildman–Crippen LogP) is 6.07. The Labute approximate surface area is 171 Å². The van der Waals surface area contributed by atoms with Gasteiger partial charge in [-0.1, -0.05) is 48.9 Å². The van der Waals surface area contributed by atoms with Gasteiger partial charge < -0.3 is 5.32 Å². The Bertz CT molecular complexity index is 760. The van der Waals surface area contributed by atoms with Gasteiger partial charge in [0.1, 0.15) is 0 Å². The molecule has 1 aliphatic rings. The Morgan fingerprint density at radius 1 is 0.931 bits per heavy atom. The molecule has 1 atom stereocenters. The van der Waals surface area contributed by atoms with Gasteiger partial charge in [0.05, 0.1) is 5.56 Å². The van der Waals surface area contributed by atoms with Gasteiger partial charge in [-0.05, 0) is 48.1 Å². The highest BCUT2D eigenvalue weighted by Crippen LogP contribution is 2.32. The molecule has 2 nitrogen and oxygen atoms in total. The molecule has 0 unspecified atom stereocenters. The predicted molar refractivity (Wildman–Crippen MR) is 113 cm³/mol. The number of halogens is 3. The minimum absolute atomic E-state index is 0.378. The van der Waals surface area contributed by atoms with E-state index in [1.54, 1.807) is 12.1 Å². The summed E-state index contributed by atoms with van der Waals surface area (Å²) in [5.74, 6) is 0. The van der Waals surface area contributed by atoms with E-state index in [4.69, 9.17) is 0 Å². The van der Waals surface area contributed by atoms with E-state index < -0.39 is 11.7 Å². The van der Waals surface area contributed by atoms with Gasteiger partial charge in [-0.25, -0.2) is 0 Å². The third-order valence-electron chi connectivity index (χ3n) is 5.57. The first-order valence-corrected chi connectivity index (χ1v) is 10.3. The van der Waals surface area contributed by atoms with E-state index in [2.05, 4.69) is 28.9 Å². The molecule has 156 valence electrons. The lowest BCUT2D eigenvalue weighted by molar-refractivity contribution is -0.137. The molecule has 0 aliphatic carbocycles. The minimum Gasteiger partial charge on any atom is -0.314 e. The molecule has 0 radical (unpaired) electrons. The van der Waals surface area contributed by atoms with Crippen LogP contribution >= 0.6 is 0 Å². The number of unbranched alkanes of at least 4 members (excludes halogenated alkanes) is 2. The van der Waals surface area contributed by atoms with Crippen LogP contribution in [0.3, 0.4) is 0 Å². The van der Waals surface area contributed by atoms with Crippen LogP contribution in [0.2, 0.25) is 0 Å². The maximum atomic E-state index is 12.8. The Hall–Kier alpha value is -2.11. The molecule has 29 heavy (non-hydrogen) atoms. The lowest BCUT2D eigenvalue weighted by Crippen LogP contribution is -2.45. The van der Waals surface area contributed by atoms with Crippen molar-refractivity contribution in [2.75, 3.05) is 26.2 Å². The van der Waals surface area contributed by atoms with Crippen molar-refractivity contribution in [2.45, 2.75) is 37.9 Å². The van der Waals surface area contributed by atoms with Crippen LogP contribution in [0.5, 0.6) is 0 Å². The first kappa shape index (κ1) is 21.6. The summed E-state index contributed by atoms with van der Waals surface area (Å²) in [5, 5.41) is 3.41. The molecule has 0 aromatic heterocycles. The zero-order valence-corrected chi connectivity index (χ0v) is 16.7. The van der Waals surface area contributed by atoms with Crippen LogP contribution in [0.4, 0.5) is 13.2 Å². The molecule has 0 saturated carbocycles. The number of piperazine rings is 1. The summed E-state index contributed by atoms with van der Waals surface area (Å²) in [7, 11) is 0. The van der Waals surface area contributed by atoms with Crippen molar-refractivity contribution >= 4 is 0 Å². The van der Waals surface area contributed by atoms with Crippen LogP contribution < -0.4 is 5.32 Å². The molecular formula is C24H29F3N2. The largest absolute Gasteiger partial charge is 0.416 e. The van der Waals surface area contributed by atoms with Crippen LogP contribution in [0, 0.1) is 0 Å². The fourth-order valence-electron chi connectivity index (χ4n) is 3.93. The summed E-state index contributed by atoms with van der Waals surface area (Å²) in [6.45, 7) is 7.88. The van der Waals surface area contributed by atoms with Gasteiger partial charge >= 0.3 is 6.18 Å². The summed E-state index contributed by atoms with van der Waals surface area (Å²) in [5.41, 5.74) is 2.40. The SMILES string of the molecule is C=CCCCC[C@H](c1ccc(-c2ccc(C(F)(F)F)cc2)cc1)N1CCNCC1. The Morgan fingerprint density at radius 2 is 1.52 bits per heavy atom. The third-order valence-corrected chi connectivity index (χ3v) is 5.57. The topological polar surface area (TPSA) is 15.3 Å². The van der Waals surface area contributed by atoms with Crippen molar-refractivity contribution in [2.24, 2.45) is 0 Å². The van der Waals surface area contributed by atoms with E-state index in [9.17, 15) is 13.2 Å². The monoisotopic (exact) mass is 402 g/mol. The van der Waals surface area contributed by atoms with E-state index in [0.29, 0.717) is 6.04 Å². The molecule has 3 rings (SSSR count). The number of hydrogen-bond acceptors (Lipinski definition) is 2. The van der Waals surface area contributed by atoms with Crippen LogP contribution in [0.25, 0.3) is 11.1 Å². The summed E-state index contributed by atoms with van der Waals surface area (Å²) in [4.78, 5) is 2.54. The molecule has 5 heteroatoms. The van der Waals surface area contributed by atoms with Gasteiger partial charge in [0.15, 0.2) is 0 Å². The molecule has 1 saturated heterocycles. The van der Waals surface area contributed by atoms with Gasteiger partial charge in [0, 0.05) is 32.2 Å². The second kappa shape index (κ2) is 10.1. The fourth-order valence-corrected chi connectivity index (χ4v) is 3.93. The highest BCUT2D eigenvalue weighted by atomic mass is 19.4. The zero-order valence-electron chi connectivity index (χ0n) is 16.7. The summed E-state index contributed by atoms with van der Waals surface area (Å²) >= 11 is 0. The Balaban J connectivity index is 1.74. The van der Waals surface area contributed by atoms with Gasteiger partial charge in [-0.2, -0.15) is 13.2 Å². The van der Waals surface area contributed by atoms with Crippen molar-refractivity contribution in [1.29, 1.82) is 0 Å². The number of rotatable bonds is 8. The average molecular weight is 403 g/mol. The number of hydrogen-bond donors (Lipinski definition) is 1. The van der Waals surface area contributed by atoms with Crippen molar-refractivity contribution in [3.05, 3.63) is 72.3 Å². The Morgan fingerprint density at radius 3 is 2.07 bits per heavy atom. The molecule has 1 heterocycles. The van der Waals surface area contributed by atoms with E-state index >= 15 is 0 Å². The van der Waals surface area contributed by atoms with E-state index in [1.165, 1.54) is 5.56 Å². The number of nitrogens with zero attached hydrogens (tertiary/aromatic N) is 1. The average Bonchev–Trinajstić information content (AvgIpc) is 2.74. The molecule has 2 aromatic rings. The highest BCUT2D eigenvalue weighted by molar-refractivity contribution is 5.64. The molecule has 0 bridgehead atoms. The number of benzene rings is 2. The van der Waals surface area contributed by atoms with Crippen molar-refractivity contribution in [1.82, 2.24) is 10.2 Å². The molecule has 1 aliphatic heterocycles. The minimum atomic E-state index is -4.30. The van der Waals surface area contributed by atoms with Gasteiger partial charge in [-0.15, -0.1) is 6.58 Å². The first-order chi connectivity index (χ1) is 14.0.